The molecule has 0 aliphatic carbocycles. The molecule has 0 bridgehead atoms. The zero-order valence-corrected chi connectivity index (χ0v) is 23.0. The van der Waals surface area contributed by atoms with Gasteiger partial charge in [0.2, 0.25) is 0 Å². The molecule has 0 aromatic carbocycles. The number of aromatic nitrogens is 2. The third-order valence-corrected chi connectivity index (χ3v) is 7.22. The Hall–Kier alpha value is -2.60. The van der Waals surface area contributed by atoms with Crippen LogP contribution in [0.3, 0.4) is 0 Å². The summed E-state index contributed by atoms with van der Waals surface area (Å²) >= 11 is 0.586. The van der Waals surface area contributed by atoms with Crippen molar-refractivity contribution in [3.8, 4) is 10.4 Å². The minimum atomic E-state index is -4.80. The van der Waals surface area contributed by atoms with E-state index in [-0.39, 0.29) is 27.4 Å². The second-order valence-electron chi connectivity index (χ2n) is 11.1. The van der Waals surface area contributed by atoms with Gasteiger partial charge >= 0.3 is 6.18 Å². The molecule has 3 heterocycles. The molecule has 2 aromatic heterocycles. The lowest BCUT2D eigenvalue weighted by Crippen LogP contribution is -2.63. The molecule has 8 nitrogen and oxygen atoms in total. The Labute approximate surface area is 226 Å². The Balaban J connectivity index is 2.17. The highest BCUT2D eigenvalue weighted by Crippen LogP contribution is 2.42. The number of halogens is 3. The summed E-state index contributed by atoms with van der Waals surface area (Å²) < 4.78 is 42.8. The number of nitrogens with zero attached hydrogens (tertiary/aromatic N) is 3. The molecule has 1 fully saturated rings. The van der Waals surface area contributed by atoms with E-state index in [0.29, 0.717) is 17.9 Å². The number of anilines is 1. The fourth-order valence-electron chi connectivity index (χ4n) is 3.83. The molecular weight excluding hydrogens is 517 g/mol. The fourth-order valence-corrected chi connectivity index (χ4v) is 4.81. The summed E-state index contributed by atoms with van der Waals surface area (Å²) in [4.78, 5) is 36.1. The van der Waals surface area contributed by atoms with Crippen LogP contribution < -0.4 is 10.6 Å². The quantitative estimate of drug-likeness (QED) is 0.478. The predicted molar refractivity (Wildman–Crippen MR) is 141 cm³/mol. The zero-order valence-electron chi connectivity index (χ0n) is 22.2. The van der Waals surface area contributed by atoms with E-state index in [2.05, 4.69) is 20.6 Å². The van der Waals surface area contributed by atoms with Crippen molar-refractivity contribution >= 4 is 44.7 Å². The lowest BCUT2D eigenvalue weighted by atomic mass is 9.54. The fraction of sp³-hybridized carbons (Fsp3) is 0.583. The number of carbonyl (C=O) groups excluding carboxylic acids is 2. The molecule has 3 rings (SSSR count). The molecule has 0 saturated carbocycles. The second kappa shape index (κ2) is 10.2. The van der Waals surface area contributed by atoms with E-state index < -0.39 is 45.6 Å². The van der Waals surface area contributed by atoms with Crippen molar-refractivity contribution in [3.05, 3.63) is 28.5 Å². The number of nitrogens with one attached hydrogen (secondary N) is 2. The normalized spacial score (nSPS) is 17.0. The van der Waals surface area contributed by atoms with Crippen LogP contribution in [0.5, 0.6) is 0 Å². The number of hydrogen-bond donors (Lipinski definition) is 3. The molecule has 4 radical (unpaired) electrons. The largest absolute Gasteiger partial charge is 0.417 e. The van der Waals surface area contributed by atoms with E-state index in [4.69, 9.17) is 15.7 Å². The first kappa shape index (κ1) is 29.9. The van der Waals surface area contributed by atoms with Gasteiger partial charge in [0.1, 0.15) is 11.5 Å². The van der Waals surface area contributed by atoms with Gasteiger partial charge < -0.3 is 20.6 Å². The third kappa shape index (κ3) is 6.51. The van der Waals surface area contributed by atoms with Gasteiger partial charge in [0.25, 0.3) is 11.8 Å². The molecule has 2 amide bonds. The van der Waals surface area contributed by atoms with Gasteiger partial charge in [-0.15, -0.1) is 11.3 Å². The Kier molecular flexibility index (Phi) is 8.02. The van der Waals surface area contributed by atoms with E-state index in [0.717, 1.165) is 25.1 Å². The van der Waals surface area contributed by atoms with Gasteiger partial charge in [-0.25, -0.2) is 9.97 Å². The summed E-state index contributed by atoms with van der Waals surface area (Å²) in [6.07, 6.45) is -2.32. The maximum Gasteiger partial charge on any atom is 0.417 e. The predicted octanol–water partition coefficient (Wildman–Crippen LogP) is 3.55. The van der Waals surface area contributed by atoms with Crippen LogP contribution in [0, 0.1) is 0 Å². The number of likely N-dealkylation sites (tertiary alicyclic amines) is 1. The number of alkyl halides is 3. The molecule has 1 aliphatic heterocycles. The second-order valence-corrected chi connectivity index (χ2v) is 12.1. The van der Waals surface area contributed by atoms with Gasteiger partial charge in [0, 0.05) is 29.9 Å². The Morgan fingerprint density at radius 3 is 2.32 bits per heavy atom. The molecule has 3 N–H and O–H groups in total. The van der Waals surface area contributed by atoms with Crippen molar-refractivity contribution in [2.45, 2.75) is 83.1 Å². The van der Waals surface area contributed by atoms with Gasteiger partial charge in [-0.05, 0) is 65.8 Å². The standard InChI is InChI=1S/C24H30B2F3N5O3S/c1-12-8-7-9-34(12)20(36)16-17(38-19(31-16)18(35)33-24(25,26)22(5,6)37)13-11-30-15(32-21(2,3)4)10-14(13)23(27,28)29/h10-12,37H,7-9H2,1-6H3,(H,30,32)(H,33,35). The van der Waals surface area contributed by atoms with Crippen molar-refractivity contribution < 1.29 is 27.9 Å². The van der Waals surface area contributed by atoms with Crippen LogP contribution in [0.2, 0.25) is 0 Å². The zero-order chi connectivity index (χ0) is 28.8. The van der Waals surface area contributed by atoms with Gasteiger partial charge in [-0.1, -0.05) is 0 Å². The van der Waals surface area contributed by atoms with E-state index in [1.165, 1.54) is 18.7 Å². The summed E-state index contributed by atoms with van der Waals surface area (Å²) in [6, 6.07) is 0.718. The topological polar surface area (TPSA) is 107 Å². The first-order valence-electron chi connectivity index (χ1n) is 12.0. The van der Waals surface area contributed by atoms with Crippen molar-refractivity contribution in [3.63, 3.8) is 0 Å². The molecule has 1 saturated heterocycles. The third-order valence-electron chi connectivity index (χ3n) is 6.13. The maximum absolute atomic E-state index is 14.3. The molecule has 38 heavy (non-hydrogen) atoms. The molecule has 2 aromatic rings. The summed E-state index contributed by atoms with van der Waals surface area (Å²) in [7, 11) is 11.7. The van der Waals surface area contributed by atoms with E-state index >= 15 is 0 Å². The highest BCUT2D eigenvalue weighted by molar-refractivity contribution is 7.17. The van der Waals surface area contributed by atoms with Crippen molar-refractivity contribution in [1.82, 2.24) is 20.2 Å². The number of amides is 2. The summed E-state index contributed by atoms with van der Waals surface area (Å²) in [5.74, 6) is -1.55. The number of aliphatic hydroxyl groups is 1. The Morgan fingerprint density at radius 2 is 1.82 bits per heavy atom. The summed E-state index contributed by atoms with van der Waals surface area (Å²) in [5.41, 5.74) is -4.05. The maximum atomic E-state index is 14.3. The lowest BCUT2D eigenvalue weighted by molar-refractivity contribution is -0.137. The molecular formula is C24H30B2F3N5O3S. The van der Waals surface area contributed by atoms with Gasteiger partial charge in [-0.3, -0.25) is 9.59 Å². The molecule has 14 heteroatoms. The number of pyridine rings is 1. The smallest absolute Gasteiger partial charge is 0.390 e. The van der Waals surface area contributed by atoms with Crippen LogP contribution >= 0.6 is 11.3 Å². The minimum Gasteiger partial charge on any atom is -0.390 e. The number of rotatable bonds is 6. The van der Waals surface area contributed by atoms with E-state index in [9.17, 15) is 27.9 Å². The molecule has 202 valence electrons. The van der Waals surface area contributed by atoms with E-state index in [1.54, 1.807) is 20.8 Å². The summed E-state index contributed by atoms with van der Waals surface area (Å²) in [6.45, 7) is 10.1. The highest BCUT2D eigenvalue weighted by atomic mass is 32.1. The van der Waals surface area contributed by atoms with Crippen molar-refractivity contribution in [2.24, 2.45) is 0 Å². The Morgan fingerprint density at radius 1 is 1.18 bits per heavy atom. The SMILES string of the molecule is [B]C([B])(NC(=O)c1nc(C(=O)N2CCCC2C)c(-c2cnc(NC(C)(C)C)cc2C(F)(F)F)s1)C(C)(C)O. The number of carbonyl (C=O) groups is 2. The lowest BCUT2D eigenvalue weighted by Gasteiger charge is -2.39. The van der Waals surface area contributed by atoms with Gasteiger partial charge in [0.05, 0.1) is 31.7 Å². The number of hydrogen-bond acceptors (Lipinski definition) is 7. The first-order chi connectivity index (χ1) is 17.2. The van der Waals surface area contributed by atoms with Crippen molar-refractivity contribution in [2.75, 3.05) is 11.9 Å². The van der Waals surface area contributed by atoms with Crippen LogP contribution in [0.1, 0.15) is 80.2 Å². The van der Waals surface area contributed by atoms with Crippen LogP contribution in [0.25, 0.3) is 10.4 Å². The van der Waals surface area contributed by atoms with Gasteiger partial charge in [0.15, 0.2) is 5.01 Å². The van der Waals surface area contributed by atoms with Crippen LogP contribution in [-0.2, 0) is 6.18 Å². The van der Waals surface area contributed by atoms with Crippen molar-refractivity contribution in [1.29, 1.82) is 0 Å². The van der Waals surface area contributed by atoms with E-state index in [1.807, 2.05) is 6.92 Å². The minimum absolute atomic E-state index is 0.00155. The molecule has 0 spiro atoms. The monoisotopic (exact) mass is 547 g/mol. The van der Waals surface area contributed by atoms with Crippen LogP contribution in [0.15, 0.2) is 12.3 Å². The number of thiazole rings is 1. The molecule has 1 unspecified atom stereocenters. The highest BCUT2D eigenvalue weighted by Gasteiger charge is 2.40. The molecule has 1 aliphatic rings. The van der Waals surface area contributed by atoms with Crippen LogP contribution in [0.4, 0.5) is 19.0 Å². The summed E-state index contributed by atoms with van der Waals surface area (Å²) in [5, 5.41) is 12.9. The average molecular weight is 547 g/mol. The Bertz CT molecular complexity index is 1220. The van der Waals surface area contributed by atoms with Gasteiger partial charge in [-0.2, -0.15) is 13.2 Å². The first-order valence-corrected chi connectivity index (χ1v) is 12.8. The molecule has 1 atom stereocenters. The average Bonchev–Trinajstić information content (AvgIpc) is 3.37. The van der Waals surface area contributed by atoms with Crippen LogP contribution in [-0.4, -0.2) is 76.5 Å².